The van der Waals surface area contributed by atoms with Crippen molar-refractivity contribution in [3.63, 3.8) is 0 Å². The molecule has 1 aromatic rings. The number of ether oxygens (including phenoxy) is 2. The summed E-state index contributed by atoms with van der Waals surface area (Å²) in [6.45, 7) is 3.37. The number of thiocarbonyl (C=S) groups is 1. The van der Waals surface area contributed by atoms with Crippen LogP contribution in [0, 0.1) is 0 Å². The Kier molecular flexibility index (Phi) is 7.54. The minimum atomic E-state index is -0.816. The first kappa shape index (κ1) is 20.6. The van der Waals surface area contributed by atoms with Crippen LogP contribution in [-0.4, -0.2) is 60.6 Å². The zero-order valence-electron chi connectivity index (χ0n) is 15.3. The smallest absolute Gasteiger partial charge is 0.308 e. The van der Waals surface area contributed by atoms with E-state index in [0.717, 1.165) is 6.42 Å². The summed E-state index contributed by atoms with van der Waals surface area (Å²) in [5.41, 5.74) is 0.409. The first-order valence-corrected chi connectivity index (χ1v) is 9.06. The van der Waals surface area contributed by atoms with Crippen molar-refractivity contribution in [1.82, 2.24) is 15.5 Å². The number of carbonyl (C=O) groups is 3. The minimum Gasteiger partial charge on any atom is -0.494 e. The van der Waals surface area contributed by atoms with E-state index in [1.54, 1.807) is 24.3 Å². The SMILES string of the molecule is CCCOc1ccc(C(=O)NC(=S)N2CCNC(=O)[C@H]2CC(=O)OC)cc1. The number of hydrogen-bond acceptors (Lipinski definition) is 6. The highest BCUT2D eigenvalue weighted by Crippen LogP contribution is 2.14. The van der Waals surface area contributed by atoms with E-state index < -0.39 is 17.9 Å². The largest absolute Gasteiger partial charge is 0.494 e. The molecule has 1 saturated heterocycles. The lowest BCUT2D eigenvalue weighted by atomic mass is 10.1. The number of amides is 2. The van der Waals surface area contributed by atoms with Gasteiger partial charge in [0.2, 0.25) is 5.91 Å². The van der Waals surface area contributed by atoms with Crippen molar-refractivity contribution in [2.75, 3.05) is 26.8 Å². The minimum absolute atomic E-state index is 0.0927. The van der Waals surface area contributed by atoms with Crippen molar-refractivity contribution in [2.24, 2.45) is 0 Å². The molecule has 0 spiro atoms. The molecule has 2 N–H and O–H groups in total. The lowest BCUT2D eigenvalue weighted by Gasteiger charge is -2.36. The Morgan fingerprint density at radius 2 is 2.04 bits per heavy atom. The van der Waals surface area contributed by atoms with Gasteiger partial charge in [-0.25, -0.2) is 0 Å². The first-order valence-electron chi connectivity index (χ1n) is 8.65. The molecule has 2 amide bonds. The van der Waals surface area contributed by atoms with Gasteiger partial charge in [-0.2, -0.15) is 0 Å². The maximum Gasteiger partial charge on any atom is 0.308 e. The van der Waals surface area contributed by atoms with E-state index >= 15 is 0 Å². The third-order valence-corrected chi connectivity index (χ3v) is 4.33. The molecular formula is C18H23N3O5S. The zero-order chi connectivity index (χ0) is 19.8. The molecule has 8 nitrogen and oxygen atoms in total. The maximum absolute atomic E-state index is 12.4. The number of esters is 1. The number of nitrogens with zero attached hydrogens (tertiary/aromatic N) is 1. The van der Waals surface area contributed by atoms with Crippen LogP contribution in [0.4, 0.5) is 0 Å². The van der Waals surface area contributed by atoms with Crippen molar-refractivity contribution < 1.29 is 23.9 Å². The number of carbonyl (C=O) groups excluding carboxylic acids is 3. The van der Waals surface area contributed by atoms with Gasteiger partial charge >= 0.3 is 5.97 Å². The van der Waals surface area contributed by atoms with Crippen LogP contribution in [0.25, 0.3) is 0 Å². The number of rotatable bonds is 6. The number of nitrogens with one attached hydrogen (secondary N) is 2. The van der Waals surface area contributed by atoms with Gasteiger partial charge in [0.05, 0.1) is 20.1 Å². The van der Waals surface area contributed by atoms with Gasteiger partial charge in [-0.1, -0.05) is 6.92 Å². The zero-order valence-corrected chi connectivity index (χ0v) is 16.1. The summed E-state index contributed by atoms with van der Waals surface area (Å²) >= 11 is 5.29. The summed E-state index contributed by atoms with van der Waals surface area (Å²) in [5, 5.41) is 5.39. The van der Waals surface area contributed by atoms with Crippen molar-refractivity contribution in [3.8, 4) is 5.75 Å². The fourth-order valence-corrected chi connectivity index (χ4v) is 2.88. The molecule has 1 heterocycles. The Bertz CT molecular complexity index is 707. The van der Waals surface area contributed by atoms with Gasteiger partial charge in [0, 0.05) is 18.7 Å². The van der Waals surface area contributed by atoms with Crippen molar-refractivity contribution in [3.05, 3.63) is 29.8 Å². The highest BCUT2D eigenvalue weighted by atomic mass is 32.1. The topological polar surface area (TPSA) is 97.0 Å². The van der Waals surface area contributed by atoms with E-state index in [9.17, 15) is 14.4 Å². The van der Waals surface area contributed by atoms with Crippen LogP contribution in [0.2, 0.25) is 0 Å². The number of benzene rings is 1. The summed E-state index contributed by atoms with van der Waals surface area (Å²) in [4.78, 5) is 37.6. The Balaban J connectivity index is 2.02. The highest BCUT2D eigenvalue weighted by Gasteiger charge is 2.34. The molecule has 2 rings (SSSR count). The molecule has 0 bridgehead atoms. The van der Waals surface area contributed by atoms with Gasteiger partial charge < -0.3 is 19.7 Å². The summed E-state index contributed by atoms with van der Waals surface area (Å²) in [5.74, 6) is -0.578. The molecule has 0 radical (unpaired) electrons. The van der Waals surface area contributed by atoms with E-state index in [2.05, 4.69) is 15.4 Å². The van der Waals surface area contributed by atoms with E-state index in [1.165, 1.54) is 12.0 Å². The lowest BCUT2D eigenvalue weighted by Crippen LogP contribution is -2.60. The Morgan fingerprint density at radius 1 is 1.33 bits per heavy atom. The van der Waals surface area contributed by atoms with Crippen molar-refractivity contribution in [1.29, 1.82) is 0 Å². The van der Waals surface area contributed by atoms with Gasteiger partial charge in [-0.05, 0) is 42.9 Å². The molecule has 9 heteroatoms. The van der Waals surface area contributed by atoms with E-state index in [1.807, 2.05) is 6.92 Å². The lowest BCUT2D eigenvalue weighted by molar-refractivity contribution is -0.144. The number of piperazine rings is 1. The summed E-state index contributed by atoms with van der Waals surface area (Å²) in [7, 11) is 1.25. The summed E-state index contributed by atoms with van der Waals surface area (Å²) in [6, 6.07) is 5.88. The van der Waals surface area contributed by atoms with Crippen LogP contribution in [0.1, 0.15) is 30.1 Å². The molecule has 0 unspecified atom stereocenters. The van der Waals surface area contributed by atoms with Gasteiger partial charge in [0.15, 0.2) is 5.11 Å². The molecule has 1 aliphatic heterocycles. The van der Waals surface area contributed by atoms with Crippen LogP contribution >= 0.6 is 12.2 Å². The fourth-order valence-electron chi connectivity index (χ4n) is 2.57. The second kappa shape index (κ2) is 9.86. The van der Waals surface area contributed by atoms with E-state index in [0.29, 0.717) is 31.0 Å². The second-order valence-corrected chi connectivity index (χ2v) is 6.30. The average molecular weight is 393 g/mol. The van der Waals surface area contributed by atoms with Crippen LogP contribution in [-0.2, 0) is 14.3 Å². The van der Waals surface area contributed by atoms with Crippen LogP contribution in [0.3, 0.4) is 0 Å². The highest BCUT2D eigenvalue weighted by molar-refractivity contribution is 7.80. The summed E-state index contributed by atoms with van der Waals surface area (Å²) < 4.78 is 10.1. The van der Waals surface area contributed by atoms with Gasteiger partial charge in [-0.15, -0.1) is 0 Å². The fraction of sp³-hybridized carbons (Fsp3) is 0.444. The quantitative estimate of drug-likeness (QED) is 0.546. The molecule has 146 valence electrons. The third-order valence-electron chi connectivity index (χ3n) is 3.99. The first-order chi connectivity index (χ1) is 13.0. The van der Waals surface area contributed by atoms with Crippen LogP contribution in [0.5, 0.6) is 5.75 Å². The monoisotopic (exact) mass is 393 g/mol. The molecule has 0 saturated carbocycles. The van der Waals surface area contributed by atoms with Gasteiger partial charge in [0.1, 0.15) is 11.8 Å². The molecule has 0 aliphatic carbocycles. The molecule has 1 atom stereocenters. The average Bonchev–Trinajstić information content (AvgIpc) is 2.67. The predicted molar refractivity (Wildman–Crippen MR) is 102 cm³/mol. The Morgan fingerprint density at radius 3 is 2.67 bits per heavy atom. The van der Waals surface area contributed by atoms with E-state index in [-0.39, 0.29) is 17.4 Å². The molecule has 0 aromatic heterocycles. The Labute approximate surface area is 163 Å². The third kappa shape index (κ3) is 5.65. The molecule has 1 aliphatic rings. The standard InChI is InChI=1S/C18H23N3O5S/c1-3-10-26-13-6-4-12(5-7-13)16(23)20-18(27)21-9-8-19-17(24)14(21)11-15(22)25-2/h4-7,14H,3,8-11H2,1-2H3,(H,19,24)(H,20,23,27)/t14-/m1/s1. The van der Waals surface area contributed by atoms with Crippen molar-refractivity contribution in [2.45, 2.75) is 25.8 Å². The molecule has 1 aromatic carbocycles. The van der Waals surface area contributed by atoms with Crippen LogP contribution < -0.4 is 15.4 Å². The van der Waals surface area contributed by atoms with E-state index in [4.69, 9.17) is 17.0 Å². The molecular weight excluding hydrogens is 370 g/mol. The van der Waals surface area contributed by atoms with Crippen LogP contribution in [0.15, 0.2) is 24.3 Å². The van der Waals surface area contributed by atoms with Gasteiger partial charge in [-0.3, -0.25) is 19.7 Å². The van der Waals surface area contributed by atoms with Crippen molar-refractivity contribution >= 4 is 35.1 Å². The second-order valence-electron chi connectivity index (χ2n) is 5.91. The normalized spacial score (nSPS) is 16.3. The molecule has 1 fully saturated rings. The summed E-state index contributed by atoms with van der Waals surface area (Å²) in [6.07, 6.45) is 0.745. The Hall–Kier alpha value is -2.68. The van der Waals surface area contributed by atoms with Gasteiger partial charge in [0.25, 0.3) is 5.91 Å². The number of hydrogen-bond donors (Lipinski definition) is 2. The number of methoxy groups -OCH3 is 1. The maximum atomic E-state index is 12.4. The molecule has 27 heavy (non-hydrogen) atoms. The predicted octanol–water partition coefficient (Wildman–Crippen LogP) is 0.854.